The molecule has 0 aromatic heterocycles. The number of hydrogen-bond donors (Lipinski definition) is 1. The molecule has 0 heterocycles. The maximum absolute atomic E-state index is 12.9. The largest absolute Gasteiger partial charge is 0.495 e. The summed E-state index contributed by atoms with van der Waals surface area (Å²) in [6.07, 6.45) is 0.710. The highest BCUT2D eigenvalue weighted by Crippen LogP contribution is 2.31. The number of ether oxygens (including phenoxy) is 1. The number of non-ortho nitro benzene ring substituents is 1. The minimum absolute atomic E-state index is 0.0603. The zero-order chi connectivity index (χ0) is 24.7. The van der Waals surface area contributed by atoms with E-state index >= 15 is 0 Å². The molecule has 0 radical (unpaired) electrons. The van der Waals surface area contributed by atoms with Gasteiger partial charge >= 0.3 is 0 Å². The summed E-state index contributed by atoms with van der Waals surface area (Å²) < 4.78 is 33.1. The molecular weight excluding hydrogens is 458 g/mol. The van der Waals surface area contributed by atoms with Crippen molar-refractivity contribution >= 4 is 27.3 Å². The highest BCUT2D eigenvalue weighted by atomic mass is 32.2. The molecule has 0 atom stereocenters. The molecule has 0 saturated carbocycles. The molecule has 0 spiro atoms. The Balaban J connectivity index is 1.75. The first-order valence-corrected chi connectivity index (χ1v) is 12.0. The molecular formula is C24H25N3O6S. The molecule has 0 aliphatic carbocycles. The van der Waals surface area contributed by atoms with E-state index < -0.39 is 14.9 Å². The minimum Gasteiger partial charge on any atom is -0.495 e. The van der Waals surface area contributed by atoms with E-state index in [-0.39, 0.29) is 27.9 Å². The van der Waals surface area contributed by atoms with Gasteiger partial charge in [0.2, 0.25) is 0 Å². The van der Waals surface area contributed by atoms with Crippen LogP contribution >= 0.6 is 0 Å². The monoisotopic (exact) mass is 483 g/mol. The molecule has 34 heavy (non-hydrogen) atoms. The van der Waals surface area contributed by atoms with Crippen molar-refractivity contribution in [2.24, 2.45) is 0 Å². The summed E-state index contributed by atoms with van der Waals surface area (Å²) >= 11 is 0. The van der Waals surface area contributed by atoms with E-state index in [0.29, 0.717) is 25.1 Å². The third-order valence-electron chi connectivity index (χ3n) is 5.23. The maximum Gasteiger partial charge on any atom is 0.271 e. The quantitative estimate of drug-likeness (QED) is 0.342. The van der Waals surface area contributed by atoms with Crippen molar-refractivity contribution in [2.75, 3.05) is 24.9 Å². The summed E-state index contributed by atoms with van der Waals surface area (Å²) in [5.74, 6) is -0.0614. The zero-order valence-corrected chi connectivity index (χ0v) is 19.6. The number of carbonyl (C=O) groups excluding carboxylic acids is 1. The maximum atomic E-state index is 12.9. The Morgan fingerprint density at radius 1 is 1.06 bits per heavy atom. The van der Waals surface area contributed by atoms with Gasteiger partial charge in [-0.15, -0.1) is 0 Å². The summed E-state index contributed by atoms with van der Waals surface area (Å²) in [6, 6.07) is 19.0. The fourth-order valence-corrected chi connectivity index (χ4v) is 4.43. The van der Waals surface area contributed by atoms with Gasteiger partial charge in [0.05, 0.1) is 22.6 Å². The van der Waals surface area contributed by atoms with Crippen molar-refractivity contribution in [3.63, 3.8) is 0 Å². The number of methoxy groups -OCH3 is 1. The topological polar surface area (TPSA) is 119 Å². The van der Waals surface area contributed by atoms with Gasteiger partial charge in [0.25, 0.3) is 21.6 Å². The Hall–Kier alpha value is -3.92. The molecule has 3 aromatic carbocycles. The molecule has 1 amide bonds. The zero-order valence-electron chi connectivity index (χ0n) is 18.8. The van der Waals surface area contributed by atoms with Gasteiger partial charge in [-0.1, -0.05) is 30.3 Å². The van der Waals surface area contributed by atoms with Crippen molar-refractivity contribution in [3.8, 4) is 5.75 Å². The van der Waals surface area contributed by atoms with Crippen LogP contribution in [0.4, 0.5) is 11.4 Å². The third kappa shape index (κ3) is 5.90. The standard InChI is InChI=1S/C24H25N3O6S/c1-3-26(16-15-18-7-5-4-6-8-18)24(28)19-9-12-21(13-10-19)34(31,32)25-22-17-20(27(29)30)11-14-23(22)33-2/h4-14,17,25H,3,15-16H2,1-2H3. The van der Waals surface area contributed by atoms with Gasteiger partial charge in [-0.3, -0.25) is 19.6 Å². The Morgan fingerprint density at radius 3 is 2.32 bits per heavy atom. The van der Waals surface area contributed by atoms with E-state index in [2.05, 4.69) is 4.72 Å². The van der Waals surface area contributed by atoms with E-state index in [1.165, 1.54) is 43.5 Å². The molecule has 3 aromatic rings. The SMILES string of the molecule is CCN(CCc1ccccc1)C(=O)c1ccc(S(=O)(=O)Nc2cc([N+](=O)[O-])ccc2OC)cc1. The second kappa shape index (κ2) is 10.8. The molecule has 0 aliphatic heterocycles. The Kier molecular flexibility index (Phi) is 7.85. The van der Waals surface area contributed by atoms with Crippen LogP contribution in [0.3, 0.4) is 0 Å². The van der Waals surface area contributed by atoms with E-state index in [1.807, 2.05) is 37.3 Å². The van der Waals surface area contributed by atoms with Gasteiger partial charge in [-0.2, -0.15) is 0 Å². The fraction of sp³-hybridized carbons (Fsp3) is 0.208. The lowest BCUT2D eigenvalue weighted by molar-refractivity contribution is -0.384. The van der Waals surface area contributed by atoms with Crippen LogP contribution < -0.4 is 9.46 Å². The number of anilines is 1. The summed E-state index contributed by atoms with van der Waals surface area (Å²) in [6.45, 7) is 2.94. The van der Waals surface area contributed by atoms with Crippen molar-refractivity contribution in [3.05, 3.63) is 94.0 Å². The number of carbonyl (C=O) groups is 1. The smallest absolute Gasteiger partial charge is 0.271 e. The number of likely N-dealkylation sites (N-methyl/N-ethyl adjacent to an activating group) is 1. The van der Waals surface area contributed by atoms with Crippen molar-refractivity contribution in [1.29, 1.82) is 0 Å². The molecule has 0 saturated heterocycles. The number of nitro benzene ring substituents is 1. The number of nitrogens with zero attached hydrogens (tertiary/aromatic N) is 2. The lowest BCUT2D eigenvalue weighted by Gasteiger charge is -2.21. The average molecular weight is 484 g/mol. The summed E-state index contributed by atoms with van der Waals surface area (Å²) in [4.78, 5) is 24.9. The summed E-state index contributed by atoms with van der Waals surface area (Å²) in [7, 11) is -2.75. The van der Waals surface area contributed by atoms with Gasteiger partial charge in [0.15, 0.2) is 0 Å². The summed E-state index contributed by atoms with van der Waals surface area (Å²) in [5, 5.41) is 11.0. The number of nitrogens with one attached hydrogen (secondary N) is 1. The molecule has 0 bridgehead atoms. The van der Waals surface area contributed by atoms with Crippen LogP contribution in [0.15, 0.2) is 77.7 Å². The average Bonchev–Trinajstić information content (AvgIpc) is 2.84. The highest BCUT2D eigenvalue weighted by molar-refractivity contribution is 7.92. The van der Waals surface area contributed by atoms with Crippen LogP contribution in [0.25, 0.3) is 0 Å². The number of hydrogen-bond acceptors (Lipinski definition) is 6. The predicted octanol–water partition coefficient (Wildman–Crippen LogP) is 4.11. The first kappa shape index (κ1) is 24.7. The highest BCUT2D eigenvalue weighted by Gasteiger charge is 2.21. The number of rotatable bonds is 10. The first-order valence-electron chi connectivity index (χ1n) is 10.5. The molecule has 0 aliphatic rings. The Morgan fingerprint density at radius 2 is 1.74 bits per heavy atom. The molecule has 9 nitrogen and oxygen atoms in total. The van der Waals surface area contributed by atoms with Gasteiger partial charge in [-0.05, 0) is 49.2 Å². The number of benzene rings is 3. The summed E-state index contributed by atoms with van der Waals surface area (Å²) in [5.41, 5.74) is 1.14. The van der Waals surface area contributed by atoms with Gasteiger partial charge in [0.1, 0.15) is 5.75 Å². The Bertz CT molecular complexity index is 1260. The van der Waals surface area contributed by atoms with E-state index in [1.54, 1.807) is 4.90 Å². The van der Waals surface area contributed by atoms with Gasteiger partial charge in [-0.25, -0.2) is 8.42 Å². The lowest BCUT2D eigenvalue weighted by Crippen LogP contribution is -2.32. The van der Waals surface area contributed by atoms with Crippen LogP contribution in [0, 0.1) is 10.1 Å². The normalized spacial score (nSPS) is 11.0. The lowest BCUT2D eigenvalue weighted by atomic mass is 10.1. The second-order valence-electron chi connectivity index (χ2n) is 7.39. The second-order valence-corrected chi connectivity index (χ2v) is 9.07. The predicted molar refractivity (Wildman–Crippen MR) is 129 cm³/mol. The molecule has 0 fully saturated rings. The number of amides is 1. The van der Waals surface area contributed by atoms with E-state index in [0.717, 1.165) is 11.6 Å². The van der Waals surface area contributed by atoms with Crippen molar-refractivity contribution < 1.29 is 22.9 Å². The third-order valence-corrected chi connectivity index (χ3v) is 6.61. The Labute approximate surface area is 198 Å². The number of nitro groups is 1. The van der Waals surface area contributed by atoms with Crippen molar-refractivity contribution in [1.82, 2.24) is 4.90 Å². The van der Waals surface area contributed by atoms with Crippen LogP contribution in [-0.4, -0.2) is 44.3 Å². The first-order chi connectivity index (χ1) is 16.2. The van der Waals surface area contributed by atoms with Crippen LogP contribution in [-0.2, 0) is 16.4 Å². The molecule has 10 heteroatoms. The molecule has 3 rings (SSSR count). The van der Waals surface area contributed by atoms with Crippen LogP contribution in [0.2, 0.25) is 0 Å². The fourth-order valence-electron chi connectivity index (χ4n) is 3.36. The molecule has 1 N–H and O–H groups in total. The van der Waals surface area contributed by atoms with Gasteiger partial charge in [0, 0.05) is 30.8 Å². The van der Waals surface area contributed by atoms with E-state index in [9.17, 15) is 23.3 Å². The van der Waals surface area contributed by atoms with Crippen molar-refractivity contribution in [2.45, 2.75) is 18.2 Å². The van der Waals surface area contributed by atoms with Gasteiger partial charge < -0.3 is 9.64 Å². The van der Waals surface area contributed by atoms with E-state index in [4.69, 9.17) is 4.74 Å². The van der Waals surface area contributed by atoms with Crippen LogP contribution in [0.1, 0.15) is 22.8 Å². The minimum atomic E-state index is -4.08. The molecule has 178 valence electrons. The molecule has 0 unspecified atom stereocenters. The number of sulfonamides is 1. The van der Waals surface area contributed by atoms with Crippen LogP contribution in [0.5, 0.6) is 5.75 Å².